The molecule has 2 rings (SSSR count). The minimum absolute atomic E-state index is 0.0454. The molecule has 0 saturated heterocycles. The summed E-state index contributed by atoms with van der Waals surface area (Å²) in [7, 11) is 0. The molecule has 2 N–H and O–H groups in total. The van der Waals surface area contributed by atoms with E-state index >= 15 is 0 Å². The molecule has 1 aromatic heterocycles. The van der Waals surface area contributed by atoms with Gasteiger partial charge in [-0.2, -0.15) is 4.98 Å². The van der Waals surface area contributed by atoms with Crippen molar-refractivity contribution in [2.24, 2.45) is 11.1 Å². The number of aromatic nitrogens is 2. The molecule has 1 aliphatic rings. The van der Waals surface area contributed by atoms with Crippen molar-refractivity contribution in [2.45, 2.75) is 71.3 Å². The Balaban J connectivity index is 2.25. The Labute approximate surface area is 109 Å². The summed E-state index contributed by atoms with van der Waals surface area (Å²) in [6.45, 7) is 8.50. The second kappa shape index (κ2) is 4.65. The third-order valence-electron chi connectivity index (χ3n) is 4.34. The van der Waals surface area contributed by atoms with Crippen LogP contribution in [0.4, 0.5) is 0 Å². The van der Waals surface area contributed by atoms with E-state index in [0.29, 0.717) is 5.82 Å². The summed E-state index contributed by atoms with van der Waals surface area (Å²) >= 11 is 0. The first-order chi connectivity index (χ1) is 8.39. The molecule has 0 aliphatic heterocycles. The summed E-state index contributed by atoms with van der Waals surface area (Å²) in [6.07, 6.45) is 5.92. The predicted octanol–water partition coefficient (Wildman–Crippen LogP) is 3.34. The van der Waals surface area contributed by atoms with Crippen molar-refractivity contribution >= 4 is 0 Å². The average Bonchev–Trinajstić information content (AvgIpc) is 2.96. The molecule has 0 amide bonds. The van der Waals surface area contributed by atoms with Crippen molar-refractivity contribution in [2.75, 3.05) is 0 Å². The van der Waals surface area contributed by atoms with Crippen LogP contribution in [-0.2, 0) is 5.41 Å². The van der Waals surface area contributed by atoms with Crippen molar-refractivity contribution in [1.29, 1.82) is 0 Å². The van der Waals surface area contributed by atoms with Gasteiger partial charge in [0.25, 0.3) is 0 Å². The van der Waals surface area contributed by atoms with Crippen LogP contribution in [-0.4, -0.2) is 10.1 Å². The molecule has 1 atom stereocenters. The molecule has 18 heavy (non-hydrogen) atoms. The second-order valence-electron chi connectivity index (χ2n) is 6.64. The van der Waals surface area contributed by atoms with Gasteiger partial charge in [0, 0.05) is 5.41 Å². The van der Waals surface area contributed by atoms with Crippen LogP contribution in [0.3, 0.4) is 0 Å². The fourth-order valence-corrected chi connectivity index (χ4v) is 2.73. The zero-order valence-electron chi connectivity index (χ0n) is 12.0. The zero-order chi connectivity index (χ0) is 13.4. The maximum absolute atomic E-state index is 6.18. The van der Waals surface area contributed by atoms with E-state index in [4.69, 9.17) is 10.3 Å². The molecule has 4 heteroatoms. The fraction of sp³-hybridized carbons (Fsp3) is 0.857. The molecule has 1 fully saturated rings. The molecule has 0 aromatic carbocycles. The maximum atomic E-state index is 6.18. The number of rotatable bonds is 3. The average molecular weight is 251 g/mol. The highest BCUT2D eigenvalue weighted by Crippen LogP contribution is 2.43. The van der Waals surface area contributed by atoms with Crippen LogP contribution in [0.15, 0.2) is 4.52 Å². The number of hydrogen-bond acceptors (Lipinski definition) is 4. The van der Waals surface area contributed by atoms with Crippen LogP contribution in [0, 0.1) is 5.41 Å². The Bertz CT molecular complexity index is 399. The molecule has 0 bridgehead atoms. The van der Waals surface area contributed by atoms with Gasteiger partial charge >= 0.3 is 0 Å². The van der Waals surface area contributed by atoms with Gasteiger partial charge in [-0.25, -0.2) is 0 Å². The van der Waals surface area contributed by atoms with E-state index in [1.165, 1.54) is 12.8 Å². The van der Waals surface area contributed by atoms with Gasteiger partial charge in [0.1, 0.15) is 0 Å². The summed E-state index contributed by atoms with van der Waals surface area (Å²) in [5.41, 5.74) is 6.25. The van der Waals surface area contributed by atoms with Gasteiger partial charge in [-0.3, -0.25) is 0 Å². The van der Waals surface area contributed by atoms with Crippen molar-refractivity contribution in [3.05, 3.63) is 11.7 Å². The minimum atomic E-state index is -0.176. The molecule has 1 aliphatic carbocycles. The van der Waals surface area contributed by atoms with Gasteiger partial charge in [0.15, 0.2) is 5.82 Å². The van der Waals surface area contributed by atoms with Gasteiger partial charge in [-0.15, -0.1) is 0 Å². The minimum Gasteiger partial charge on any atom is -0.339 e. The van der Waals surface area contributed by atoms with E-state index in [1.54, 1.807) is 0 Å². The summed E-state index contributed by atoms with van der Waals surface area (Å²) in [4.78, 5) is 4.60. The van der Waals surface area contributed by atoms with Crippen LogP contribution >= 0.6 is 0 Å². The van der Waals surface area contributed by atoms with Crippen LogP contribution in [0.1, 0.15) is 77.6 Å². The van der Waals surface area contributed by atoms with E-state index in [0.717, 1.165) is 25.2 Å². The van der Waals surface area contributed by atoms with Crippen LogP contribution in [0.25, 0.3) is 0 Å². The van der Waals surface area contributed by atoms with Gasteiger partial charge in [0.05, 0.1) is 6.04 Å². The Kier molecular flexibility index (Phi) is 3.49. The van der Waals surface area contributed by atoms with Crippen molar-refractivity contribution < 1.29 is 4.52 Å². The van der Waals surface area contributed by atoms with Crippen molar-refractivity contribution in [3.8, 4) is 0 Å². The maximum Gasteiger partial charge on any atom is 0.232 e. The lowest BCUT2D eigenvalue weighted by molar-refractivity contribution is 0.265. The highest BCUT2D eigenvalue weighted by molar-refractivity contribution is 5.09. The van der Waals surface area contributed by atoms with Gasteiger partial charge in [-0.05, 0) is 24.7 Å². The first kappa shape index (κ1) is 13.5. The first-order valence-electron chi connectivity index (χ1n) is 6.99. The van der Waals surface area contributed by atoms with Crippen LogP contribution in [0.2, 0.25) is 0 Å². The van der Waals surface area contributed by atoms with E-state index < -0.39 is 0 Å². The molecule has 0 spiro atoms. The molecule has 1 heterocycles. The Morgan fingerprint density at radius 2 is 1.94 bits per heavy atom. The highest BCUT2D eigenvalue weighted by Gasteiger charge is 2.40. The molecular weight excluding hydrogens is 226 g/mol. The van der Waals surface area contributed by atoms with Gasteiger partial charge in [0.2, 0.25) is 5.89 Å². The standard InChI is InChI=1S/C14H25N3O/c1-5-14(8-6-7-9-14)12-16-11(17-18-12)10(15)13(2,3)4/h10H,5-9,15H2,1-4H3. The third kappa shape index (κ3) is 2.30. The van der Waals surface area contributed by atoms with E-state index in [2.05, 4.69) is 37.8 Å². The molecule has 102 valence electrons. The molecule has 4 nitrogen and oxygen atoms in total. The largest absolute Gasteiger partial charge is 0.339 e. The summed E-state index contributed by atoms with van der Waals surface area (Å²) in [5.74, 6) is 1.45. The molecule has 0 radical (unpaired) electrons. The number of nitrogens with zero attached hydrogens (tertiary/aromatic N) is 2. The number of nitrogens with two attached hydrogens (primary N) is 1. The van der Waals surface area contributed by atoms with Gasteiger partial charge < -0.3 is 10.3 Å². The Hall–Kier alpha value is -0.900. The van der Waals surface area contributed by atoms with E-state index in [-0.39, 0.29) is 16.9 Å². The number of hydrogen-bond donors (Lipinski definition) is 1. The monoisotopic (exact) mass is 251 g/mol. The normalized spacial score (nSPS) is 21.2. The van der Waals surface area contributed by atoms with Crippen molar-refractivity contribution in [1.82, 2.24) is 10.1 Å². The van der Waals surface area contributed by atoms with Gasteiger partial charge in [-0.1, -0.05) is 45.7 Å². The summed E-state index contributed by atoms with van der Waals surface area (Å²) in [6, 6.07) is -0.176. The zero-order valence-corrected chi connectivity index (χ0v) is 12.0. The third-order valence-corrected chi connectivity index (χ3v) is 4.34. The van der Waals surface area contributed by atoms with Crippen LogP contribution in [0.5, 0.6) is 0 Å². The van der Waals surface area contributed by atoms with Crippen LogP contribution < -0.4 is 5.73 Å². The highest BCUT2D eigenvalue weighted by atomic mass is 16.5. The first-order valence-corrected chi connectivity index (χ1v) is 6.99. The summed E-state index contributed by atoms with van der Waals surface area (Å²) < 4.78 is 5.52. The molecule has 1 aromatic rings. The van der Waals surface area contributed by atoms with Crippen molar-refractivity contribution in [3.63, 3.8) is 0 Å². The lowest BCUT2D eigenvalue weighted by Crippen LogP contribution is -2.28. The molecule has 1 unspecified atom stereocenters. The lowest BCUT2D eigenvalue weighted by atomic mass is 9.83. The fourth-order valence-electron chi connectivity index (χ4n) is 2.73. The topological polar surface area (TPSA) is 64.9 Å². The SMILES string of the molecule is CCC1(c2nc(C(N)C(C)(C)C)no2)CCCC1. The quantitative estimate of drug-likeness (QED) is 0.894. The Morgan fingerprint density at radius 1 is 1.33 bits per heavy atom. The predicted molar refractivity (Wildman–Crippen MR) is 71.1 cm³/mol. The van der Waals surface area contributed by atoms with E-state index in [9.17, 15) is 0 Å². The van der Waals surface area contributed by atoms with E-state index in [1.807, 2.05) is 0 Å². The second-order valence-corrected chi connectivity index (χ2v) is 6.64. The molecular formula is C14H25N3O. The summed E-state index contributed by atoms with van der Waals surface area (Å²) in [5, 5.41) is 4.11. The molecule has 1 saturated carbocycles. The smallest absolute Gasteiger partial charge is 0.232 e. The Morgan fingerprint density at radius 3 is 2.44 bits per heavy atom. The lowest BCUT2D eigenvalue weighted by Gasteiger charge is -2.24.